The predicted molar refractivity (Wildman–Crippen MR) is 118 cm³/mol. The molecule has 2 aromatic carbocycles. The number of hydrogen-bond acceptors (Lipinski definition) is 5. The van der Waals surface area contributed by atoms with Gasteiger partial charge in [-0.05, 0) is 34.6 Å². The van der Waals surface area contributed by atoms with Crippen molar-refractivity contribution in [2.75, 3.05) is 13.2 Å². The van der Waals surface area contributed by atoms with Crippen LogP contribution >= 0.6 is 0 Å². The third-order valence-corrected chi connectivity index (χ3v) is 5.46. The average molecular weight is 440 g/mol. The number of hydrogen-bond donors (Lipinski definition) is 4. The highest BCUT2D eigenvalue weighted by atomic mass is 16.5. The van der Waals surface area contributed by atoms with Gasteiger partial charge in [-0.2, -0.15) is 0 Å². The Bertz CT molecular complexity index is 944. The van der Waals surface area contributed by atoms with Gasteiger partial charge in [-0.15, -0.1) is 0 Å². The second-order valence-electron chi connectivity index (χ2n) is 8.23. The number of amides is 2. The van der Waals surface area contributed by atoms with Crippen molar-refractivity contribution in [2.24, 2.45) is 5.92 Å². The Balaban J connectivity index is 1.67. The van der Waals surface area contributed by atoms with Gasteiger partial charge in [0.25, 0.3) is 0 Å². The second kappa shape index (κ2) is 10.3. The number of carbonyl (C=O) groups is 3. The molecule has 32 heavy (non-hydrogen) atoms. The lowest BCUT2D eigenvalue weighted by atomic mass is 9.98. The van der Waals surface area contributed by atoms with Crippen LogP contribution in [0.4, 0.5) is 4.79 Å². The summed E-state index contributed by atoms with van der Waals surface area (Å²) >= 11 is 0. The van der Waals surface area contributed by atoms with Gasteiger partial charge in [-0.3, -0.25) is 4.79 Å². The summed E-state index contributed by atoms with van der Waals surface area (Å²) in [6.45, 7) is 3.10. The Hall–Kier alpha value is -3.39. The molecule has 2 aromatic rings. The van der Waals surface area contributed by atoms with E-state index < -0.39 is 36.7 Å². The third kappa shape index (κ3) is 5.26. The minimum Gasteiger partial charge on any atom is -0.480 e. The van der Waals surface area contributed by atoms with E-state index >= 15 is 0 Å². The molecule has 3 rings (SSSR count). The number of nitrogens with one attached hydrogen (secondary N) is 2. The van der Waals surface area contributed by atoms with Gasteiger partial charge in [0.05, 0.1) is 6.61 Å². The van der Waals surface area contributed by atoms with Crippen LogP contribution < -0.4 is 10.6 Å². The normalized spacial score (nSPS) is 14.2. The fraction of sp³-hybridized carbons (Fsp3) is 0.375. The zero-order valence-corrected chi connectivity index (χ0v) is 18.1. The average Bonchev–Trinajstić information content (AvgIpc) is 3.08. The van der Waals surface area contributed by atoms with Crippen LogP contribution in [0.5, 0.6) is 0 Å². The van der Waals surface area contributed by atoms with Gasteiger partial charge >= 0.3 is 12.1 Å². The third-order valence-electron chi connectivity index (χ3n) is 5.46. The monoisotopic (exact) mass is 440 g/mol. The Labute approximate surface area is 186 Å². The van der Waals surface area contributed by atoms with Crippen molar-refractivity contribution in [1.29, 1.82) is 0 Å². The minimum atomic E-state index is -1.44. The maximum Gasteiger partial charge on any atom is 0.407 e. The quantitative estimate of drug-likeness (QED) is 0.475. The molecule has 0 fully saturated rings. The molecule has 0 saturated carbocycles. The standard InChI is InChI=1S/C24H28N2O6/c1-14(2)11-20(22(28)25-21(12-27)23(29)30)26-24(31)32-13-19-17-9-5-3-7-15(17)16-8-4-6-10-18(16)19/h3-10,14,19-21,27H,11-13H2,1-2H3,(H,25,28)(H,26,31)(H,29,30)/t20-,21+/m0/s1. The maximum atomic E-state index is 12.5. The molecule has 0 bridgehead atoms. The Morgan fingerprint density at radius 1 is 0.938 bits per heavy atom. The molecule has 0 spiro atoms. The van der Waals surface area contributed by atoms with Gasteiger partial charge in [-0.25, -0.2) is 9.59 Å². The highest BCUT2D eigenvalue weighted by molar-refractivity contribution is 5.89. The molecule has 1 aliphatic rings. The first kappa shape index (κ1) is 23.3. The van der Waals surface area contributed by atoms with Crippen LogP contribution in [0.2, 0.25) is 0 Å². The molecular formula is C24H28N2O6. The molecule has 0 aliphatic heterocycles. The van der Waals surface area contributed by atoms with E-state index in [-0.39, 0.29) is 24.9 Å². The van der Waals surface area contributed by atoms with Crippen molar-refractivity contribution in [1.82, 2.24) is 10.6 Å². The van der Waals surface area contributed by atoms with E-state index in [0.717, 1.165) is 22.3 Å². The van der Waals surface area contributed by atoms with E-state index in [1.807, 2.05) is 62.4 Å². The van der Waals surface area contributed by atoms with E-state index in [2.05, 4.69) is 10.6 Å². The van der Waals surface area contributed by atoms with Crippen molar-refractivity contribution >= 4 is 18.0 Å². The number of carboxylic acid groups (broad SMARTS) is 1. The fourth-order valence-corrected chi connectivity index (χ4v) is 3.94. The summed E-state index contributed by atoms with van der Waals surface area (Å²) in [5, 5.41) is 23.0. The van der Waals surface area contributed by atoms with Crippen molar-refractivity contribution in [3.8, 4) is 11.1 Å². The van der Waals surface area contributed by atoms with Gasteiger partial charge in [0.15, 0.2) is 0 Å². The molecule has 8 nitrogen and oxygen atoms in total. The zero-order chi connectivity index (χ0) is 23.3. The van der Waals surface area contributed by atoms with Crippen molar-refractivity contribution in [3.05, 3.63) is 59.7 Å². The van der Waals surface area contributed by atoms with Crippen molar-refractivity contribution in [2.45, 2.75) is 38.3 Å². The highest BCUT2D eigenvalue weighted by Crippen LogP contribution is 2.44. The van der Waals surface area contributed by atoms with Crippen LogP contribution in [0.3, 0.4) is 0 Å². The van der Waals surface area contributed by atoms with Gasteiger partial charge in [0.1, 0.15) is 18.7 Å². The molecule has 170 valence electrons. The predicted octanol–water partition coefficient (Wildman–Crippen LogP) is 2.50. The van der Waals surface area contributed by atoms with Crippen LogP contribution in [-0.2, 0) is 14.3 Å². The first-order chi connectivity index (χ1) is 15.3. The number of aliphatic hydroxyl groups is 1. The number of carboxylic acids is 1. The smallest absolute Gasteiger partial charge is 0.407 e. The summed E-state index contributed by atoms with van der Waals surface area (Å²) in [6.07, 6.45) is -0.475. The van der Waals surface area contributed by atoms with E-state index in [4.69, 9.17) is 14.9 Å². The van der Waals surface area contributed by atoms with Crippen LogP contribution in [0, 0.1) is 5.92 Å². The number of aliphatic hydroxyl groups excluding tert-OH is 1. The number of alkyl carbamates (subject to hydrolysis) is 1. The molecule has 0 aromatic heterocycles. The number of aliphatic carboxylic acids is 1. The Morgan fingerprint density at radius 3 is 2.00 bits per heavy atom. The highest BCUT2D eigenvalue weighted by Gasteiger charge is 2.30. The van der Waals surface area contributed by atoms with Crippen LogP contribution in [-0.4, -0.2) is 53.5 Å². The van der Waals surface area contributed by atoms with E-state index in [1.54, 1.807) is 0 Å². The molecule has 1 aliphatic carbocycles. The molecule has 0 heterocycles. The Kier molecular flexibility index (Phi) is 7.48. The lowest BCUT2D eigenvalue weighted by Crippen LogP contribution is -2.53. The molecule has 0 saturated heterocycles. The summed E-state index contributed by atoms with van der Waals surface area (Å²) in [5.74, 6) is -2.10. The molecule has 8 heteroatoms. The lowest BCUT2D eigenvalue weighted by molar-refractivity contribution is -0.143. The molecule has 2 amide bonds. The van der Waals surface area contributed by atoms with Gasteiger partial charge in [-0.1, -0.05) is 62.4 Å². The van der Waals surface area contributed by atoms with Crippen LogP contribution in [0.1, 0.15) is 37.3 Å². The number of rotatable bonds is 9. The van der Waals surface area contributed by atoms with Gasteiger partial charge < -0.3 is 25.6 Å². The molecule has 4 N–H and O–H groups in total. The topological polar surface area (TPSA) is 125 Å². The number of carbonyl (C=O) groups excluding carboxylic acids is 2. The maximum absolute atomic E-state index is 12.5. The van der Waals surface area contributed by atoms with Crippen molar-refractivity contribution in [3.63, 3.8) is 0 Å². The molecule has 2 atom stereocenters. The van der Waals surface area contributed by atoms with E-state index in [1.165, 1.54) is 0 Å². The number of fused-ring (bicyclic) bond motifs is 3. The molecule has 0 radical (unpaired) electrons. The fourth-order valence-electron chi connectivity index (χ4n) is 3.94. The summed E-state index contributed by atoms with van der Waals surface area (Å²) < 4.78 is 5.48. The lowest BCUT2D eigenvalue weighted by Gasteiger charge is -2.22. The largest absolute Gasteiger partial charge is 0.480 e. The van der Waals surface area contributed by atoms with Crippen molar-refractivity contribution < 1.29 is 29.3 Å². The van der Waals surface area contributed by atoms with E-state index in [9.17, 15) is 14.4 Å². The Morgan fingerprint density at radius 2 is 1.50 bits per heavy atom. The van der Waals surface area contributed by atoms with E-state index in [0.29, 0.717) is 0 Å². The second-order valence-corrected chi connectivity index (χ2v) is 8.23. The first-order valence-electron chi connectivity index (χ1n) is 10.6. The summed E-state index contributed by atoms with van der Waals surface area (Å²) in [7, 11) is 0. The first-order valence-corrected chi connectivity index (χ1v) is 10.6. The molecule has 0 unspecified atom stereocenters. The molecular weight excluding hydrogens is 412 g/mol. The van der Waals surface area contributed by atoms with Crippen LogP contribution in [0.25, 0.3) is 11.1 Å². The SMILES string of the molecule is CC(C)C[C@H](NC(=O)OCC1c2ccccc2-c2ccccc21)C(=O)N[C@H](CO)C(=O)O. The summed E-state index contributed by atoms with van der Waals surface area (Å²) in [6, 6.07) is 13.5. The summed E-state index contributed by atoms with van der Waals surface area (Å²) in [5.41, 5.74) is 4.37. The summed E-state index contributed by atoms with van der Waals surface area (Å²) in [4.78, 5) is 36.1. The number of ether oxygens (including phenoxy) is 1. The van der Waals surface area contributed by atoms with Gasteiger partial charge in [0.2, 0.25) is 5.91 Å². The van der Waals surface area contributed by atoms with Crippen LogP contribution in [0.15, 0.2) is 48.5 Å². The number of benzene rings is 2. The van der Waals surface area contributed by atoms with Gasteiger partial charge in [0, 0.05) is 5.92 Å². The minimum absolute atomic E-state index is 0.0528. The zero-order valence-electron chi connectivity index (χ0n) is 18.1.